The molecule has 7 N–H and O–H groups in total. The van der Waals surface area contributed by atoms with Crippen LogP contribution < -0.4 is 16.9 Å². The number of rotatable bonds is 12. The van der Waals surface area contributed by atoms with Gasteiger partial charge in [-0.1, -0.05) is 62.4 Å². The minimum Gasteiger partial charge on any atom is -0.393 e. The van der Waals surface area contributed by atoms with Crippen LogP contribution in [-0.4, -0.2) is 50.5 Å². The predicted molar refractivity (Wildman–Crippen MR) is 165 cm³/mol. The fourth-order valence-electron chi connectivity index (χ4n) is 5.31. The van der Waals surface area contributed by atoms with Crippen LogP contribution >= 0.6 is 0 Å². The highest BCUT2D eigenvalue weighted by atomic mass is 19.1. The number of aromatic nitrogens is 1. The summed E-state index contributed by atoms with van der Waals surface area (Å²) in [6, 6.07) is 24.0. The molecule has 1 aromatic heterocycles. The van der Waals surface area contributed by atoms with Crippen molar-refractivity contribution in [2.75, 3.05) is 11.9 Å². The molecule has 43 heavy (non-hydrogen) atoms. The molecule has 4 rings (SSSR count). The largest absolute Gasteiger partial charge is 0.393 e. The van der Waals surface area contributed by atoms with E-state index in [2.05, 4.69) is 5.32 Å². The van der Waals surface area contributed by atoms with Gasteiger partial charge in [-0.15, -0.1) is 0 Å². The summed E-state index contributed by atoms with van der Waals surface area (Å²) < 4.78 is 16.1. The van der Waals surface area contributed by atoms with E-state index in [0.29, 0.717) is 33.1 Å². The zero-order chi connectivity index (χ0) is 31.1. The summed E-state index contributed by atoms with van der Waals surface area (Å²) in [5.41, 5.74) is 9.94. The first-order valence-electron chi connectivity index (χ1n) is 14.2. The van der Waals surface area contributed by atoms with Crippen LogP contribution in [0.25, 0.3) is 22.4 Å². The van der Waals surface area contributed by atoms with E-state index < -0.39 is 18.2 Å². The first-order chi connectivity index (χ1) is 20.6. The monoisotopic (exact) mass is 587 g/mol. The maximum atomic E-state index is 14.1. The highest BCUT2D eigenvalue weighted by molar-refractivity contribution is 6.12. The molecule has 0 saturated heterocycles. The van der Waals surface area contributed by atoms with Crippen LogP contribution in [0.3, 0.4) is 0 Å². The lowest BCUT2D eigenvalue weighted by molar-refractivity contribution is 0.0560. The first kappa shape index (κ1) is 31.4. The third-order valence-electron chi connectivity index (χ3n) is 7.21. The summed E-state index contributed by atoms with van der Waals surface area (Å²) in [7, 11) is 0. The summed E-state index contributed by atoms with van der Waals surface area (Å²) >= 11 is 0. The number of nitrogens with zero attached hydrogens (tertiary/aromatic N) is 2. The Labute approximate surface area is 250 Å². The van der Waals surface area contributed by atoms with Gasteiger partial charge < -0.3 is 25.8 Å². The molecule has 3 aromatic carbocycles. The summed E-state index contributed by atoms with van der Waals surface area (Å²) in [6.07, 6.45) is -1.88. The molecule has 0 aliphatic heterocycles. The second-order valence-electron chi connectivity index (χ2n) is 10.8. The van der Waals surface area contributed by atoms with Crippen molar-refractivity contribution in [3.8, 4) is 22.4 Å². The smallest absolute Gasteiger partial charge is 0.329 e. The number of carbonyl (C=O) groups is 2. The SMILES string of the molecule is CC(C)c1c(C(=O)Nc2ccccc2)c(-c2ccccc2)c(-c2ccc(F)cc2)n1CCC(O)CC(O)CN(N)C(N)=O. The van der Waals surface area contributed by atoms with Crippen LogP contribution in [0.4, 0.5) is 14.9 Å². The Morgan fingerprint density at radius 3 is 2.09 bits per heavy atom. The summed E-state index contributed by atoms with van der Waals surface area (Å²) in [4.78, 5) is 25.3. The van der Waals surface area contributed by atoms with E-state index in [-0.39, 0.29) is 43.6 Å². The number of nitrogens with one attached hydrogen (secondary N) is 1. The normalized spacial score (nSPS) is 12.6. The van der Waals surface area contributed by atoms with Crippen molar-refractivity contribution in [1.82, 2.24) is 9.58 Å². The van der Waals surface area contributed by atoms with Gasteiger partial charge in [-0.3, -0.25) is 9.80 Å². The number of anilines is 1. The van der Waals surface area contributed by atoms with Gasteiger partial charge in [-0.2, -0.15) is 0 Å². The minimum absolute atomic E-state index is 0.0436. The first-order valence-corrected chi connectivity index (χ1v) is 14.2. The lowest BCUT2D eigenvalue weighted by Crippen LogP contribution is -2.46. The van der Waals surface area contributed by atoms with E-state index in [0.717, 1.165) is 11.3 Å². The molecule has 0 fully saturated rings. The van der Waals surface area contributed by atoms with Gasteiger partial charge in [0.1, 0.15) is 5.82 Å². The van der Waals surface area contributed by atoms with Crippen molar-refractivity contribution in [3.05, 3.63) is 102 Å². The number of primary amides is 1. The lowest BCUT2D eigenvalue weighted by atomic mass is 9.94. The van der Waals surface area contributed by atoms with E-state index >= 15 is 0 Å². The molecule has 0 spiro atoms. The molecule has 3 amide bonds. The van der Waals surface area contributed by atoms with Gasteiger partial charge in [0.05, 0.1) is 30.0 Å². The third kappa shape index (κ3) is 7.66. The number of benzene rings is 3. The molecule has 9 nitrogen and oxygen atoms in total. The number of aliphatic hydroxyl groups excluding tert-OH is 2. The summed E-state index contributed by atoms with van der Waals surface area (Å²) in [5, 5.41) is 25.0. The van der Waals surface area contributed by atoms with Gasteiger partial charge in [0.25, 0.3) is 5.91 Å². The quantitative estimate of drug-likeness (QED) is 0.0890. The topological polar surface area (TPSA) is 147 Å². The molecular formula is C33H38FN5O4. The van der Waals surface area contributed by atoms with Crippen molar-refractivity contribution in [3.63, 3.8) is 0 Å². The van der Waals surface area contributed by atoms with Crippen LogP contribution in [0.5, 0.6) is 0 Å². The van der Waals surface area contributed by atoms with Crippen molar-refractivity contribution in [1.29, 1.82) is 0 Å². The maximum absolute atomic E-state index is 14.1. The number of aliphatic hydroxyl groups is 2. The zero-order valence-electron chi connectivity index (χ0n) is 24.3. The number of hydrogen-bond acceptors (Lipinski definition) is 5. The van der Waals surface area contributed by atoms with Crippen LogP contribution in [0.2, 0.25) is 0 Å². The minimum atomic E-state index is -1.09. The van der Waals surface area contributed by atoms with E-state index in [1.165, 1.54) is 12.1 Å². The second-order valence-corrected chi connectivity index (χ2v) is 10.8. The number of urea groups is 1. The summed E-state index contributed by atoms with van der Waals surface area (Å²) in [6.45, 7) is 4.05. The van der Waals surface area contributed by atoms with Gasteiger partial charge in [-0.05, 0) is 59.9 Å². The van der Waals surface area contributed by atoms with Crippen molar-refractivity contribution < 1.29 is 24.2 Å². The van der Waals surface area contributed by atoms with Crippen LogP contribution in [0.1, 0.15) is 48.7 Å². The highest BCUT2D eigenvalue weighted by Crippen LogP contribution is 2.42. The second kappa shape index (κ2) is 14.1. The van der Waals surface area contributed by atoms with Crippen LogP contribution in [0, 0.1) is 5.82 Å². The van der Waals surface area contributed by atoms with E-state index in [1.807, 2.05) is 79.1 Å². The average Bonchev–Trinajstić information content (AvgIpc) is 3.33. The number of hydrogen-bond donors (Lipinski definition) is 5. The van der Waals surface area contributed by atoms with E-state index in [9.17, 15) is 24.2 Å². The standard InChI is InChI=1S/C33H38FN5O4/c1-21(2)30-29(32(42)37-25-11-7-4-8-12-25)28(22-9-5-3-6-10-22)31(23-13-15-24(34)16-14-23)38(30)18-17-26(40)19-27(41)20-39(36)33(35)43/h3-16,21,26-27,40-41H,17-20,36H2,1-2H3,(H2,35,43)(H,37,42). The Hall–Kier alpha value is -4.51. The maximum Gasteiger partial charge on any atom is 0.329 e. The zero-order valence-corrected chi connectivity index (χ0v) is 24.3. The molecule has 2 atom stereocenters. The Bertz CT molecular complexity index is 1520. The van der Waals surface area contributed by atoms with E-state index in [4.69, 9.17) is 11.6 Å². The summed E-state index contributed by atoms with van der Waals surface area (Å²) in [5.74, 6) is 4.72. The van der Waals surface area contributed by atoms with Crippen LogP contribution in [-0.2, 0) is 6.54 Å². The predicted octanol–water partition coefficient (Wildman–Crippen LogP) is 5.09. The molecule has 1 heterocycles. The molecule has 0 radical (unpaired) electrons. The average molecular weight is 588 g/mol. The van der Waals surface area contributed by atoms with Gasteiger partial charge in [0.15, 0.2) is 0 Å². The number of nitrogens with two attached hydrogens (primary N) is 2. The molecule has 0 aliphatic carbocycles. The molecule has 0 bridgehead atoms. The number of carbonyl (C=O) groups excluding carboxylic acids is 2. The number of para-hydroxylation sites is 1. The van der Waals surface area contributed by atoms with Gasteiger partial charge in [-0.25, -0.2) is 15.0 Å². The Balaban J connectivity index is 1.84. The number of hydrazine groups is 1. The van der Waals surface area contributed by atoms with Gasteiger partial charge in [0.2, 0.25) is 0 Å². The van der Waals surface area contributed by atoms with Crippen molar-refractivity contribution in [2.24, 2.45) is 11.6 Å². The highest BCUT2D eigenvalue weighted by Gasteiger charge is 2.31. The molecule has 2 unspecified atom stereocenters. The Morgan fingerprint density at radius 1 is 0.907 bits per heavy atom. The number of halogens is 1. The van der Waals surface area contributed by atoms with Crippen LogP contribution in [0.15, 0.2) is 84.9 Å². The fraction of sp³-hybridized carbons (Fsp3) is 0.273. The molecule has 0 saturated carbocycles. The number of amides is 3. The fourth-order valence-corrected chi connectivity index (χ4v) is 5.31. The Morgan fingerprint density at radius 2 is 1.51 bits per heavy atom. The lowest BCUT2D eigenvalue weighted by Gasteiger charge is -2.22. The van der Waals surface area contributed by atoms with E-state index in [1.54, 1.807) is 12.1 Å². The molecule has 226 valence electrons. The molecule has 4 aromatic rings. The molecule has 10 heteroatoms. The van der Waals surface area contributed by atoms with Gasteiger partial charge in [0, 0.05) is 29.9 Å². The van der Waals surface area contributed by atoms with Crippen molar-refractivity contribution >= 4 is 17.6 Å². The Kier molecular flexibility index (Phi) is 10.3. The molecular weight excluding hydrogens is 549 g/mol. The van der Waals surface area contributed by atoms with Crippen molar-refractivity contribution in [2.45, 2.75) is 51.4 Å². The third-order valence-corrected chi connectivity index (χ3v) is 7.21. The van der Waals surface area contributed by atoms with Gasteiger partial charge >= 0.3 is 6.03 Å². The molecule has 0 aliphatic rings.